The van der Waals surface area contributed by atoms with Gasteiger partial charge in [-0.2, -0.15) is 5.10 Å². The lowest BCUT2D eigenvalue weighted by Crippen LogP contribution is -2.68. The van der Waals surface area contributed by atoms with Gasteiger partial charge in [-0.15, -0.1) is 0 Å². The van der Waals surface area contributed by atoms with E-state index in [9.17, 15) is 65.4 Å². The van der Waals surface area contributed by atoms with Crippen LogP contribution in [0.25, 0.3) is 5.69 Å². The monoisotopic (exact) mass is 619 g/mol. The summed E-state index contributed by atoms with van der Waals surface area (Å²) < 4.78 is 5.71. The van der Waals surface area contributed by atoms with E-state index in [2.05, 4.69) is 5.10 Å². The number of primary amides is 1. The minimum Gasteiger partial charge on any atom is -0.503 e. The highest BCUT2D eigenvalue weighted by Gasteiger charge is 2.65. The molecule has 0 unspecified atom stereocenters. The van der Waals surface area contributed by atoms with Gasteiger partial charge in [0.1, 0.15) is 22.8 Å². The Bertz CT molecular complexity index is 1700. The number of carbonyl (C=O) groups excluding carboxylic acids is 3. The molecule has 1 saturated heterocycles. The van der Waals surface area contributed by atoms with E-state index in [0.717, 1.165) is 0 Å². The largest absolute Gasteiger partial charge is 0.503 e. The number of carbonyl (C=O) groups is 3. The summed E-state index contributed by atoms with van der Waals surface area (Å²) in [6.45, 7) is -0.371. The number of rotatable bonds is 5. The Morgan fingerprint density at radius 2 is 1.45 bits per heavy atom. The third kappa shape index (κ3) is 3.99. The number of nitrogens with zero attached hydrogens (tertiary/aromatic N) is 4. The number of ether oxygens (including phenoxy) is 1. The molecular formula is C25H25N5O14. The van der Waals surface area contributed by atoms with E-state index >= 15 is 0 Å². The molecule has 1 fully saturated rings. The van der Waals surface area contributed by atoms with E-state index in [4.69, 9.17) is 10.5 Å². The van der Waals surface area contributed by atoms with Gasteiger partial charge in [0.25, 0.3) is 23.5 Å². The number of methoxy groups -OCH3 is 1. The van der Waals surface area contributed by atoms with Gasteiger partial charge in [-0.25, -0.2) is 9.58 Å². The minimum absolute atomic E-state index is 0.0448. The molecule has 0 aliphatic carbocycles. The second-order valence-electron chi connectivity index (χ2n) is 9.96. The topological polar surface area (TPSA) is 313 Å². The molecule has 234 valence electrons. The molecule has 3 amide bonds. The van der Waals surface area contributed by atoms with Crippen LogP contribution < -0.4 is 20.3 Å². The van der Waals surface area contributed by atoms with Crippen molar-refractivity contribution in [3.8, 4) is 34.4 Å². The summed E-state index contributed by atoms with van der Waals surface area (Å²) in [5.41, 5.74) is -0.478. The van der Waals surface area contributed by atoms with Gasteiger partial charge in [0.2, 0.25) is 5.79 Å². The summed E-state index contributed by atoms with van der Waals surface area (Å²) in [5, 5.41) is 111. The first-order valence-corrected chi connectivity index (χ1v) is 12.5. The zero-order valence-corrected chi connectivity index (χ0v) is 22.4. The number of hydrogen-bond donors (Lipinski definition) is 11. The highest BCUT2D eigenvalue weighted by Crippen LogP contribution is 2.59. The number of hydrogen-bond acceptors (Lipinski definition) is 15. The lowest BCUT2D eigenvalue weighted by molar-refractivity contribution is -0.364. The first kappa shape index (κ1) is 30.3. The van der Waals surface area contributed by atoms with Crippen molar-refractivity contribution >= 4 is 29.1 Å². The fourth-order valence-electron chi connectivity index (χ4n) is 5.12. The van der Waals surface area contributed by atoms with Gasteiger partial charge >= 0.3 is 5.91 Å². The van der Waals surface area contributed by atoms with E-state index in [1.165, 1.54) is 31.4 Å². The number of piperidine rings is 1. The third-order valence-corrected chi connectivity index (χ3v) is 7.30. The Balaban J connectivity index is 1.77. The molecule has 19 heteroatoms. The average molecular weight is 619 g/mol. The van der Waals surface area contributed by atoms with E-state index in [1.807, 2.05) is 0 Å². The minimum atomic E-state index is -4.31. The number of phenolic OH excluding ortho intramolecular Hbond substituents is 4. The molecule has 1 aromatic heterocycles. The Morgan fingerprint density at radius 3 is 1.98 bits per heavy atom. The van der Waals surface area contributed by atoms with Gasteiger partial charge in [-0.1, -0.05) is 0 Å². The summed E-state index contributed by atoms with van der Waals surface area (Å²) >= 11 is 0. The van der Waals surface area contributed by atoms with Crippen molar-refractivity contribution in [3.63, 3.8) is 0 Å². The van der Waals surface area contributed by atoms with Crippen molar-refractivity contribution in [3.05, 3.63) is 41.2 Å². The highest BCUT2D eigenvalue weighted by molar-refractivity contribution is 6.13. The van der Waals surface area contributed by atoms with E-state index in [1.54, 1.807) is 0 Å². The molecule has 2 aliphatic heterocycles. The van der Waals surface area contributed by atoms with Crippen molar-refractivity contribution < 1.29 is 70.2 Å². The number of benzene rings is 2. The molecular weight excluding hydrogens is 594 g/mol. The summed E-state index contributed by atoms with van der Waals surface area (Å²) in [6, 6.07) is 5.36. The molecule has 0 saturated carbocycles. The maximum absolute atomic E-state index is 14.0. The second kappa shape index (κ2) is 9.67. The number of aliphatic hydroxyl groups is 6. The van der Waals surface area contributed by atoms with Crippen LogP contribution in [0, 0.1) is 0 Å². The summed E-state index contributed by atoms with van der Waals surface area (Å²) in [6.07, 6.45) is -0.536. The molecule has 0 atom stereocenters. The number of amides is 3. The lowest BCUT2D eigenvalue weighted by Gasteiger charge is -2.46. The maximum Gasteiger partial charge on any atom is 0.315 e. The standard InChI is InChI=1S/C25H25N5O14/c1-44-10-5-3-9(4-6-10)30-13-11(12(27-30)20(26)35)24(40,41)25(42,43)29(21(13)36)15-18(33)16(31)14(17(32)19(15)34)28-8-2-7-23(38,39)22(28)37/h3-6,31-34,38-43H,2,7-8H2,1H3,(H2,26,35). The van der Waals surface area contributed by atoms with Crippen molar-refractivity contribution in [1.82, 2.24) is 9.78 Å². The Kier molecular flexibility index (Phi) is 6.65. The van der Waals surface area contributed by atoms with Crippen molar-refractivity contribution in [2.45, 2.75) is 30.3 Å². The second-order valence-corrected chi connectivity index (χ2v) is 9.96. The number of anilines is 2. The fraction of sp³-hybridized carbons (Fsp3) is 0.280. The molecule has 2 aliphatic rings. The molecule has 12 N–H and O–H groups in total. The van der Waals surface area contributed by atoms with Crippen LogP contribution >= 0.6 is 0 Å². The molecule has 2 aromatic carbocycles. The van der Waals surface area contributed by atoms with E-state index < -0.39 is 97.9 Å². The van der Waals surface area contributed by atoms with Crippen LogP contribution in [0.1, 0.15) is 39.4 Å². The molecule has 3 heterocycles. The van der Waals surface area contributed by atoms with Crippen LogP contribution in [0.4, 0.5) is 11.4 Å². The molecule has 5 rings (SSSR count). The SMILES string of the molecule is COc1ccc(-n2nc(C(N)=O)c3c2C(=O)N(c2c(O)c(O)c(N4CCCC(O)(O)C4=O)c(O)c2O)C(O)(O)C3(O)O)cc1. The zero-order chi connectivity index (χ0) is 32.7. The number of phenols is 4. The zero-order valence-electron chi connectivity index (χ0n) is 22.4. The molecule has 0 radical (unpaired) electrons. The molecule has 44 heavy (non-hydrogen) atoms. The smallest absolute Gasteiger partial charge is 0.315 e. The van der Waals surface area contributed by atoms with Gasteiger partial charge in [-0.3, -0.25) is 14.4 Å². The number of fused-ring (bicyclic) bond motifs is 1. The number of nitrogens with two attached hydrogens (primary N) is 1. The Labute approximate surface area is 244 Å². The van der Waals surface area contributed by atoms with E-state index in [0.29, 0.717) is 15.3 Å². The summed E-state index contributed by atoms with van der Waals surface area (Å²) in [4.78, 5) is 38.7. The van der Waals surface area contributed by atoms with Crippen LogP contribution in [-0.2, 0) is 10.6 Å². The maximum atomic E-state index is 14.0. The van der Waals surface area contributed by atoms with Crippen LogP contribution in [0.2, 0.25) is 0 Å². The fourth-order valence-corrected chi connectivity index (χ4v) is 5.12. The summed E-state index contributed by atoms with van der Waals surface area (Å²) in [5.74, 6) is -21.9. The predicted molar refractivity (Wildman–Crippen MR) is 141 cm³/mol. The molecule has 0 spiro atoms. The number of aromatic hydroxyl groups is 4. The Hall–Kier alpha value is -5.18. The van der Waals surface area contributed by atoms with Crippen molar-refractivity contribution in [1.29, 1.82) is 0 Å². The van der Waals surface area contributed by atoms with Crippen molar-refractivity contribution in [2.24, 2.45) is 5.73 Å². The molecule has 3 aromatic rings. The van der Waals surface area contributed by atoms with Gasteiger partial charge in [0.15, 0.2) is 28.7 Å². The van der Waals surface area contributed by atoms with Gasteiger partial charge < -0.3 is 66.4 Å². The van der Waals surface area contributed by atoms with Gasteiger partial charge in [0.05, 0.1) is 18.4 Å². The highest BCUT2D eigenvalue weighted by atomic mass is 16.6. The van der Waals surface area contributed by atoms with Crippen LogP contribution in [0.15, 0.2) is 24.3 Å². The van der Waals surface area contributed by atoms with Crippen LogP contribution in [-0.4, -0.2) is 104 Å². The molecule has 0 bridgehead atoms. The third-order valence-electron chi connectivity index (χ3n) is 7.30. The van der Waals surface area contributed by atoms with Gasteiger partial charge in [0, 0.05) is 13.0 Å². The van der Waals surface area contributed by atoms with Gasteiger partial charge in [-0.05, 0) is 30.7 Å². The van der Waals surface area contributed by atoms with Crippen LogP contribution in [0.3, 0.4) is 0 Å². The lowest BCUT2D eigenvalue weighted by atomic mass is 9.91. The van der Waals surface area contributed by atoms with Crippen molar-refractivity contribution in [2.75, 3.05) is 23.5 Å². The van der Waals surface area contributed by atoms with E-state index in [-0.39, 0.29) is 18.7 Å². The first-order chi connectivity index (χ1) is 20.4. The molecule has 19 nitrogen and oxygen atoms in total. The average Bonchev–Trinajstić information content (AvgIpc) is 3.38. The Morgan fingerprint density at radius 1 is 0.909 bits per heavy atom. The normalized spacial score (nSPS) is 18.7. The first-order valence-electron chi connectivity index (χ1n) is 12.5. The summed E-state index contributed by atoms with van der Waals surface area (Å²) in [7, 11) is 1.35. The number of aromatic nitrogens is 2. The van der Waals surface area contributed by atoms with Crippen LogP contribution in [0.5, 0.6) is 28.7 Å². The predicted octanol–water partition coefficient (Wildman–Crippen LogP) is -2.95. The quantitative estimate of drug-likeness (QED) is 0.0772.